The van der Waals surface area contributed by atoms with Crippen molar-refractivity contribution in [2.75, 3.05) is 0 Å². The molecule has 1 fully saturated rings. The molecule has 1 saturated carbocycles. The maximum atomic E-state index is 12.4. The average molecular weight is 294 g/mol. The van der Waals surface area contributed by atoms with Crippen molar-refractivity contribution in [2.45, 2.75) is 58.0 Å². The SMILES string of the molecule is Cc1ccc(S(=O)O[C@@H]2C[C@@H](C)CCC2C(C)C)cc1. The predicted octanol–water partition coefficient (Wildman–Crippen LogP) is 4.50. The lowest BCUT2D eigenvalue weighted by molar-refractivity contribution is 0.0567. The summed E-state index contributed by atoms with van der Waals surface area (Å²) in [4.78, 5) is 0.774. The van der Waals surface area contributed by atoms with Gasteiger partial charge in [-0.25, -0.2) is 4.21 Å². The summed E-state index contributed by atoms with van der Waals surface area (Å²) in [6.07, 6.45) is 3.61. The highest BCUT2D eigenvalue weighted by molar-refractivity contribution is 7.80. The number of hydrogen-bond acceptors (Lipinski definition) is 2. The molecule has 2 rings (SSSR count). The first-order chi connectivity index (χ1) is 9.47. The van der Waals surface area contributed by atoms with E-state index in [1.54, 1.807) is 0 Å². The Morgan fingerprint density at radius 3 is 2.45 bits per heavy atom. The normalized spacial score (nSPS) is 28.6. The highest BCUT2D eigenvalue weighted by Gasteiger charge is 2.33. The second-order valence-electron chi connectivity index (χ2n) is 6.51. The Labute approximate surface area is 125 Å². The smallest absolute Gasteiger partial charge is 0.189 e. The summed E-state index contributed by atoms with van der Waals surface area (Å²) in [5, 5.41) is 0. The van der Waals surface area contributed by atoms with Crippen molar-refractivity contribution in [1.82, 2.24) is 0 Å². The monoisotopic (exact) mass is 294 g/mol. The summed E-state index contributed by atoms with van der Waals surface area (Å²) in [6, 6.07) is 7.78. The topological polar surface area (TPSA) is 26.3 Å². The number of rotatable bonds is 4. The molecule has 0 bridgehead atoms. The molecule has 0 saturated heterocycles. The molecule has 3 heteroatoms. The summed E-state index contributed by atoms with van der Waals surface area (Å²) in [7, 11) is 0. The summed E-state index contributed by atoms with van der Waals surface area (Å²) < 4.78 is 18.3. The standard InChI is InChI=1S/C17H26O2S/c1-12(2)16-10-7-14(4)11-17(16)19-20(18)15-8-5-13(3)6-9-15/h5-6,8-9,12,14,16-17H,7,10-11H2,1-4H3/t14-,16?,17+,20?/m0/s1. The molecule has 0 spiro atoms. The van der Waals surface area contributed by atoms with Gasteiger partial charge in [0, 0.05) is 0 Å². The third kappa shape index (κ3) is 3.92. The van der Waals surface area contributed by atoms with Crippen LogP contribution in [0.3, 0.4) is 0 Å². The van der Waals surface area contributed by atoms with Gasteiger partial charge in [-0.2, -0.15) is 0 Å². The van der Waals surface area contributed by atoms with E-state index in [0.29, 0.717) is 17.8 Å². The predicted molar refractivity (Wildman–Crippen MR) is 83.8 cm³/mol. The molecule has 1 aliphatic rings. The highest BCUT2D eigenvalue weighted by Crippen LogP contribution is 2.36. The van der Waals surface area contributed by atoms with E-state index in [1.165, 1.54) is 18.4 Å². The molecule has 0 aromatic heterocycles. The van der Waals surface area contributed by atoms with Gasteiger partial charge in [-0.3, -0.25) is 4.18 Å². The number of hydrogen-bond donors (Lipinski definition) is 0. The molecule has 2 nitrogen and oxygen atoms in total. The van der Waals surface area contributed by atoms with Crippen LogP contribution in [0.2, 0.25) is 0 Å². The summed E-state index contributed by atoms with van der Waals surface area (Å²) in [5.41, 5.74) is 1.18. The third-order valence-electron chi connectivity index (χ3n) is 4.39. The van der Waals surface area contributed by atoms with E-state index in [9.17, 15) is 4.21 Å². The third-order valence-corrected chi connectivity index (χ3v) is 5.46. The van der Waals surface area contributed by atoms with Gasteiger partial charge in [0.15, 0.2) is 11.1 Å². The van der Waals surface area contributed by atoms with E-state index in [-0.39, 0.29) is 6.10 Å². The van der Waals surface area contributed by atoms with Crippen LogP contribution in [-0.2, 0) is 15.3 Å². The van der Waals surface area contributed by atoms with Crippen LogP contribution in [0.15, 0.2) is 29.2 Å². The molecule has 1 aromatic carbocycles. The van der Waals surface area contributed by atoms with Gasteiger partial charge >= 0.3 is 0 Å². The van der Waals surface area contributed by atoms with Crippen LogP contribution in [0, 0.1) is 24.7 Å². The number of aryl methyl sites for hydroxylation is 1. The van der Waals surface area contributed by atoms with Crippen LogP contribution in [0.4, 0.5) is 0 Å². The van der Waals surface area contributed by atoms with Gasteiger partial charge in [0.2, 0.25) is 0 Å². The van der Waals surface area contributed by atoms with Gasteiger partial charge in [-0.15, -0.1) is 0 Å². The molecular weight excluding hydrogens is 268 g/mol. The van der Waals surface area contributed by atoms with E-state index >= 15 is 0 Å². The van der Waals surface area contributed by atoms with Gasteiger partial charge in [0.05, 0.1) is 11.0 Å². The van der Waals surface area contributed by atoms with Crippen molar-refractivity contribution in [3.05, 3.63) is 29.8 Å². The molecule has 0 radical (unpaired) electrons. The zero-order valence-electron chi connectivity index (χ0n) is 13.0. The lowest BCUT2D eigenvalue weighted by Crippen LogP contribution is -2.34. The Morgan fingerprint density at radius 2 is 1.85 bits per heavy atom. The second-order valence-corrected chi connectivity index (χ2v) is 7.64. The summed E-state index contributed by atoms with van der Waals surface area (Å²) >= 11 is -1.34. The first-order valence-electron chi connectivity index (χ1n) is 7.63. The summed E-state index contributed by atoms with van der Waals surface area (Å²) in [6.45, 7) is 8.78. The Balaban J connectivity index is 2.05. The maximum Gasteiger partial charge on any atom is 0.189 e. The lowest BCUT2D eigenvalue weighted by atomic mass is 9.75. The largest absolute Gasteiger partial charge is 0.283 e. The van der Waals surface area contributed by atoms with Gasteiger partial charge in [-0.1, -0.05) is 44.9 Å². The van der Waals surface area contributed by atoms with Crippen LogP contribution >= 0.6 is 0 Å². The molecule has 0 heterocycles. The van der Waals surface area contributed by atoms with E-state index < -0.39 is 11.1 Å². The summed E-state index contributed by atoms with van der Waals surface area (Å²) in [5.74, 6) is 1.79. The quantitative estimate of drug-likeness (QED) is 0.817. The van der Waals surface area contributed by atoms with Gasteiger partial charge in [-0.05, 0) is 49.7 Å². The van der Waals surface area contributed by atoms with Crippen molar-refractivity contribution >= 4 is 11.1 Å². The minimum absolute atomic E-state index is 0.126. The fraction of sp³-hybridized carbons (Fsp3) is 0.647. The van der Waals surface area contributed by atoms with Crippen LogP contribution in [0.1, 0.15) is 45.6 Å². The zero-order valence-corrected chi connectivity index (χ0v) is 13.8. The Hall–Kier alpha value is -0.670. The van der Waals surface area contributed by atoms with Crippen molar-refractivity contribution in [1.29, 1.82) is 0 Å². The van der Waals surface area contributed by atoms with Crippen molar-refractivity contribution in [3.8, 4) is 0 Å². The van der Waals surface area contributed by atoms with Gasteiger partial charge in [0.1, 0.15) is 0 Å². The van der Waals surface area contributed by atoms with Gasteiger partial charge in [0.25, 0.3) is 0 Å². The van der Waals surface area contributed by atoms with Crippen molar-refractivity contribution in [2.24, 2.45) is 17.8 Å². The molecule has 0 amide bonds. The Morgan fingerprint density at radius 1 is 1.20 bits per heavy atom. The van der Waals surface area contributed by atoms with Crippen LogP contribution in [-0.4, -0.2) is 10.3 Å². The molecule has 2 unspecified atom stereocenters. The van der Waals surface area contributed by atoms with Crippen LogP contribution in [0.25, 0.3) is 0 Å². The molecule has 1 aromatic rings. The van der Waals surface area contributed by atoms with Gasteiger partial charge < -0.3 is 0 Å². The molecule has 1 aliphatic carbocycles. The molecule has 20 heavy (non-hydrogen) atoms. The first-order valence-corrected chi connectivity index (χ1v) is 8.70. The van der Waals surface area contributed by atoms with Crippen molar-refractivity contribution in [3.63, 3.8) is 0 Å². The molecular formula is C17H26O2S. The Kier molecular flexibility index (Phi) is 5.39. The maximum absolute atomic E-state index is 12.4. The Bertz CT molecular complexity index is 453. The number of benzene rings is 1. The van der Waals surface area contributed by atoms with E-state index in [0.717, 1.165) is 11.3 Å². The minimum atomic E-state index is -1.34. The van der Waals surface area contributed by atoms with E-state index in [2.05, 4.69) is 20.8 Å². The second kappa shape index (κ2) is 6.86. The highest BCUT2D eigenvalue weighted by atomic mass is 32.2. The first kappa shape index (κ1) is 15.7. The molecule has 0 N–H and O–H groups in total. The molecule has 112 valence electrons. The lowest BCUT2D eigenvalue weighted by Gasteiger charge is -2.36. The fourth-order valence-corrected chi connectivity index (χ4v) is 3.96. The molecule has 4 atom stereocenters. The fourth-order valence-electron chi connectivity index (χ4n) is 3.04. The molecule has 0 aliphatic heterocycles. The zero-order chi connectivity index (χ0) is 14.7. The van der Waals surface area contributed by atoms with E-state index in [1.807, 2.05) is 31.2 Å². The van der Waals surface area contributed by atoms with Crippen LogP contribution < -0.4 is 0 Å². The van der Waals surface area contributed by atoms with Crippen LogP contribution in [0.5, 0.6) is 0 Å². The van der Waals surface area contributed by atoms with E-state index in [4.69, 9.17) is 4.18 Å². The average Bonchev–Trinajstić information content (AvgIpc) is 2.39. The minimum Gasteiger partial charge on any atom is -0.283 e. The van der Waals surface area contributed by atoms with Crippen molar-refractivity contribution < 1.29 is 8.39 Å².